The first-order chi connectivity index (χ1) is 8.50. The molecule has 1 aliphatic rings. The van der Waals surface area contributed by atoms with Crippen molar-refractivity contribution in [3.63, 3.8) is 0 Å². The van der Waals surface area contributed by atoms with Gasteiger partial charge in [-0.15, -0.1) is 0 Å². The summed E-state index contributed by atoms with van der Waals surface area (Å²) in [7, 11) is 2.18. The number of hydrogen-bond donors (Lipinski definition) is 1. The third-order valence-corrected chi connectivity index (χ3v) is 3.70. The summed E-state index contributed by atoms with van der Waals surface area (Å²) in [6.45, 7) is 7.24. The van der Waals surface area contributed by atoms with Crippen LogP contribution in [-0.2, 0) is 6.54 Å². The van der Waals surface area contributed by atoms with Gasteiger partial charge in [0, 0.05) is 13.1 Å². The van der Waals surface area contributed by atoms with E-state index in [1.807, 2.05) is 0 Å². The SMILES string of the molecule is CN(Cc1cccc(C2CC2)c1)CC(C)(C)CN. The molecule has 1 aliphatic carbocycles. The first kappa shape index (κ1) is 13.6. The quantitative estimate of drug-likeness (QED) is 0.836. The van der Waals surface area contributed by atoms with Crippen LogP contribution in [0.25, 0.3) is 0 Å². The van der Waals surface area contributed by atoms with Crippen molar-refractivity contribution >= 4 is 0 Å². The van der Waals surface area contributed by atoms with Crippen molar-refractivity contribution in [3.8, 4) is 0 Å². The number of rotatable bonds is 6. The van der Waals surface area contributed by atoms with Gasteiger partial charge in [0.05, 0.1) is 0 Å². The predicted octanol–water partition coefficient (Wildman–Crippen LogP) is 2.98. The molecule has 2 heteroatoms. The average Bonchev–Trinajstić information content (AvgIpc) is 3.12. The second-order valence-corrected chi connectivity index (χ2v) is 6.56. The lowest BCUT2D eigenvalue weighted by Gasteiger charge is -2.29. The molecule has 2 nitrogen and oxygen atoms in total. The van der Waals surface area contributed by atoms with Crippen LogP contribution in [0.2, 0.25) is 0 Å². The van der Waals surface area contributed by atoms with Crippen molar-refractivity contribution in [2.45, 2.75) is 39.2 Å². The molecular weight excluding hydrogens is 220 g/mol. The van der Waals surface area contributed by atoms with Crippen LogP contribution in [0.1, 0.15) is 43.7 Å². The molecule has 1 saturated carbocycles. The predicted molar refractivity (Wildman–Crippen MR) is 77.6 cm³/mol. The normalized spacial score (nSPS) is 16.3. The number of hydrogen-bond acceptors (Lipinski definition) is 2. The van der Waals surface area contributed by atoms with Gasteiger partial charge in [-0.2, -0.15) is 0 Å². The van der Waals surface area contributed by atoms with E-state index in [4.69, 9.17) is 5.73 Å². The molecule has 0 atom stereocenters. The van der Waals surface area contributed by atoms with Crippen LogP contribution in [0.4, 0.5) is 0 Å². The number of nitrogens with zero attached hydrogens (tertiary/aromatic N) is 1. The van der Waals surface area contributed by atoms with Gasteiger partial charge in [0.25, 0.3) is 0 Å². The highest BCUT2D eigenvalue weighted by atomic mass is 15.1. The highest BCUT2D eigenvalue weighted by molar-refractivity contribution is 5.29. The Labute approximate surface area is 111 Å². The van der Waals surface area contributed by atoms with Gasteiger partial charge < -0.3 is 10.6 Å². The van der Waals surface area contributed by atoms with E-state index >= 15 is 0 Å². The summed E-state index contributed by atoms with van der Waals surface area (Å²) in [5.74, 6) is 0.843. The minimum absolute atomic E-state index is 0.197. The van der Waals surface area contributed by atoms with Gasteiger partial charge in [0.2, 0.25) is 0 Å². The second kappa shape index (κ2) is 5.41. The largest absolute Gasteiger partial charge is 0.330 e. The summed E-state index contributed by atoms with van der Waals surface area (Å²) >= 11 is 0. The molecule has 0 heterocycles. The van der Waals surface area contributed by atoms with Crippen molar-refractivity contribution < 1.29 is 0 Å². The first-order valence-electron chi connectivity index (χ1n) is 6.98. The number of nitrogens with two attached hydrogens (primary N) is 1. The second-order valence-electron chi connectivity index (χ2n) is 6.56. The van der Waals surface area contributed by atoms with E-state index in [2.05, 4.69) is 50.1 Å². The summed E-state index contributed by atoms with van der Waals surface area (Å²) in [6, 6.07) is 9.08. The van der Waals surface area contributed by atoms with Gasteiger partial charge in [-0.25, -0.2) is 0 Å². The number of benzene rings is 1. The van der Waals surface area contributed by atoms with Gasteiger partial charge in [-0.1, -0.05) is 38.1 Å². The maximum Gasteiger partial charge on any atom is 0.0231 e. The van der Waals surface area contributed by atoms with E-state index < -0.39 is 0 Å². The van der Waals surface area contributed by atoms with E-state index in [-0.39, 0.29) is 5.41 Å². The summed E-state index contributed by atoms with van der Waals surface area (Å²) < 4.78 is 0. The van der Waals surface area contributed by atoms with Gasteiger partial charge in [0.1, 0.15) is 0 Å². The highest BCUT2D eigenvalue weighted by Crippen LogP contribution is 2.40. The maximum absolute atomic E-state index is 5.79. The van der Waals surface area contributed by atoms with E-state index in [0.29, 0.717) is 0 Å². The Hall–Kier alpha value is -0.860. The van der Waals surface area contributed by atoms with E-state index in [9.17, 15) is 0 Å². The lowest BCUT2D eigenvalue weighted by Crippen LogP contribution is -2.36. The van der Waals surface area contributed by atoms with E-state index in [1.54, 1.807) is 0 Å². The Kier molecular flexibility index (Phi) is 4.08. The maximum atomic E-state index is 5.79. The average molecular weight is 246 g/mol. The van der Waals surface area contributed by atoms with Crippen molar-refractivity contribution in [1.29, 1.82) is 0 Å². The summed E-state index contributed by atoms with van der Waals surface area (Å²) in [5, 5.41) is 0. The molecule has 0 aromatic heterocycles. The molecule has 0 aliphatic heterocycles. The Morgan fingerprint density at radius 2 is 2.06 bits per heavy atom. The topological polar surface area (TPSA) is 29.3 Å². The molecule has 0 bridgehead atoms. The minimum Gasteiger partial charge on any atom is -0.330 e. The standard InChI is InChI=1S/C16H26N2/c1-16(2,11-17)12-18(3)10-13-5-4-6-15(9-13)14-7-8-14/h4-6,9,14H,7-8,10-12,17H2,1-3H3. The fraction of sp³-hybridized carbons (Fsp3) is 0.625. The van der Waals surface area contributed by atoms with E-state index in [1.165, 1.54) is 24.0 Å². The smallest absolute Gasteiger partial charge is 0.0231 e. The third kappa shape index (κ3) is 3.82. The molecule has 0 amide bonds. The molecule has 1 aromatic carbocycles. The molecule has 2 N–H and O–H groups in total. The van der Waals surface area contributed by atoms with Gasteiger partial charge >= 0.3 is 0 Å². The molecule has 0 spiro atoms. The molecule has 0 unspecified atom stereocenters. The zero-order valence-corrected chi connectivity index (χ0v) is 11.9. The molecule has 1 fully saturated rings. The summed E-state index contributed by atoms with van der Waals surface area (Å²) in [4.78, 5) is 2.37. The zero-order valence-electron chi connectivity index (χ0n) is 11.9. The summed E-state index contributed by atoms with van der Waals surface area (Å²) in [6.07, 6.45) is 2.75. The third-order valence-electron chi connectivity index (χ3n) is 3.70. The van der Waals surface area contributed by atoms with Crippen LogP contribution in [0.3, 0.4) is 0 Å². The van der Waals surface area contributed by atoms with Crippen molar-refractivity contribution in [2.75, 3.05) is 20.1 Å². The van der Waals surface area contributed by atoms with Crippen LogP contribution in [0.15, 0.2) is 24.3 Å². The first-order valence-corrected chi connectivity index (χ1v) is 6.98. The Balaban J connectivity index is 1.94. The lowest BCUT2D eigenvalue weighted by atomic mass is 9.93. The molecule has 18 heavy (non-hydrogen) atoms. The van der Waals surface area contributed by atoms with E-state index in [0.717, 1.165) is 25.6 Å². The van der Waals surface area contributed by atoms with Gasteiger partial charge in [0.15, 0.2) is 0 Å². The van der Waals surface area contributed by atoms with Crippen LogP contribution in [-0.4, -0.2) is 25.0 Å². The summed E-state index contributed by atoms with van der Waals surface area (Å²) in [5.41, 5.74) is 8.94. The Morgan fingerprint density at radius 3 is 2.67 bits per heavy atom. The zero-order chi connectivity index (χ0) is 13.2. The lowest BCUT2D eigenvalue weighted by molar-refractivity contribution is 0.210. The van der Waals surface area contributed by atoms with Gasteiger partial charge in [-0.05, 0) is 48.9 Å². The van der Waals surface area contributed by atoms with Crippen LogP contribution in [0.5, 0.6) is 0 Å². The van der Waals surface area contributed by atoms with Crippen LogP contribution in [0, 0.1) is 5.41 Å². The van der Waals surface area contributed by atoms with Crippen molar-refractivity contribution in [3.05, 3.63) is 35.4 Å². The Bertz CT molecular complexity index is 394. The molecule has 100 valence electrons. The molecule has 1 aromatic rings. The fourth-order valence-corrected chi connectivity index (χ4v) is 2.52. The molecule has 0 radical (unpaired) electrons. The molecule has 0 saturated heterocycles. The Morgan fingerprint density at radius 1 is 1.33 bits per heavy atom. The van der Waals surface area contributed by atoms with Crippen LogP contribution >= 0.6 is 0 Å². The van der Waals surface area contributed by atoms with Crippen LogP contribution < -0.4 is 5.73 Å². The highest BCUT2D eigenvalue weighted by Gasteiger charge is 2.23. The fourth-order valence-electron chi connectivity index (χ4n) is 2.52. The van der Waals surface area contributed by atoms with Crippen molar-refractivity contribution in [2.24, 2.45) is 11.1 Å². The molecular formula is C16H26N2. The minimum atomic E-state index is 0.197. The van der Waals surface area contributed by atoms with Gasteiger partial charge in [-0.3, -0.25) is 0 Å². The molecule has 2 rings (SSSR count). The monoisotopic (exact) mass is 246 g/mol. The van der Waals surface area contributed by atoms with Crippen molar-refractivity contribution in [1.82, 2.24) is 4.90 Å².